The standard InChI is InChI=1S/C15H23NO2/c1-4-16-14(15-11(2)9-10-18-15)12-5-7-13(17-3)8-6-12/h5-8,11,14-16H,4,9-10H2,1-3H3. The first-order valence-corrected chi connectivity index (χ1v) is 6.75. The van der Waals surface area contributed by atoms with Crippen LogP contribution in [-0.4, -0.2) is 26.4 Å². The van der Waals surface area contributed by atoms with E-state index in [9.17, 15) is 0 Å². The van der Waals surface area contributed by atoms with Crippen molar-refractivity contribution >= 4 is 0 Å². The van der Waals surface area contributed by atoms with Crippen molar-refractivity contribution in [1.82, 2.24) is 5.32 Å². The van der Waals surface area contributed by atoms with Gasteiger partial charge in [-0.2, -0.15) is 0 Å². The molecule has 3 atom stereocenters. The van der Waals surface area contributed by atoms with Crippen molar-refractivity contribution in [1.29, 1.82) is 0 Å². The first kappa shape index (κ1) is 13.4. The first-order valence-electron chi connectivity index (χ1n) is 6.75. The van der Waals surface area contributed by atoms with Crippen LogP contribution in [0.2, 0.25) is 0 Å². The average molecular weight is 249 g/mol. The lowest BCUT2D eigenvalue weighted by Crippen LogP contribution is -2.34. The largest absolute Gasteiger partial charge is 0.497 e. The van der Waals surface area contributed by atoms with Crippen LogP contribution in [0.5, 0.6) is 5.75 Å². The lowest BCUT2D eigenvalue weighted by Gasteiger charge is -2.27. The van der Waals surface area contributed by atoms with E-state index in [4.69, 9.17) is 9.47 Å². The minimum atomic E-state index is 0.276. The van der Waals surface area contributed by atoms with Crippen molar-refractivity contribution < 1.29 is 9.47 Å². The molecule has 0 spiro atoms. The zero-order valence-corrected chi connectivity index (χ0v) is 11.5. The molecular formula is C15H23NO2. The highest BCUT2D eigenvalue weighted by Crippen LogP contribution is 2.31. The summed E-state index contributed by atoms with van der Waals surface area (Å²) >= 11 is 0. The summed E-state index contributed by atoms with van der Waals surface area (Å²) in [6.07, 6.45) is 1.43. The van der Waals surface area contributed by atoms with Crippen molar-refractivity contribution in [2.45, 2.75) is 32.4 Å². The van der Waals surface area contributed by atoms with Gasteiger partial charge < -0.3 is 14.8 Å². The van der Waals surface area contributed by atoms with E-state index in [1.165, 1.54) is 5.56 Å². The summed E-state index contributed by atoms with van der Waals surface area (Å²) in [5.41, 5.74) is 1.27. The third-order valence-electron chi connectivity index (χ3n) is 3.67. The highest BCUT2D eigenvalue weighted by molar-refractivity contribution is 5.30. The van der Waals surface area contributed by atoms with Crippen LogP contribution in [0.3, 0.4) is 0 Å². The van der Waals surface area contributed by atoms with E-state index < -0.39 is 0 Å². The minimum absolute atomic E-state index is 0.276. The molecule has 0 bridgehead atoms. The van der Waals surface area contributed by atoms with Crippen molar-refractivity contribution in [3.63, 3.8) is 0 Å². The fourth-order valence-corrected chi connectivity index (χ4v) is 2.60. The Morgan fingerprint density at radius 2 is 2.11 bits per heavy atom. The summed E-state index contributed by atoms with van der Waals surface area (Å²) in [7, 11) is 1.69. The molecule has 1 aliphatic heterocycles. The van der Waals surface area contributed by atoms with Crippen molar-refractivity contribution in [2.24, 2.45) is 5.92 Å². The molecule has 18 heavy (non-hydrogen) atoms. The SMILES string of the molecule is CCNC(c1ccc(OC)cc1)C1OCCC1C. The van der Waals surface area contributed by atoms with E-state index in [0.717, 1.165) is 25.3 Å². The van der Waals surface area contributed by atoms with Crippen LogP contribution in [-0.2, 0) is 4.74 Å². The van der Waals surface area contributed by atoms with Crippen LogP contribution in [0.1, 0.15) is 31.9 Å². The van der Waals surface area contributed by atoms with Gasteiger partial charge >= 0.3 is 0 Å². The second kappa shape index (κ2) is 6.21. The van der Waals surface area contributed by atoms with E-state index in [1.807, 2.05) is 12.1 Å². The Balaban J connectivity index is 2.17. The molecule has 1 fully saturated rings. The molecule has 1 saturated heterocycles. The Hall–Kier alpha value is -1.06. The number of hydrogen-bond acceptors (Lipinski definition) is 3. The van der Waals surface area contributed by atoms with Gasteiger partial charge in [-0.05, 0) is 36.6 Å². The van der Waals surface area contributed by atoms with Gasteiger partial charge in [0.2, 0.25) is 0 Å². The monoisotopic (exact) mass is 249 g/mol. The third kappa shape index (κ3) is 2.85. The summed E-state index contributed by atoms with van der Waals surface area (Å²) < 4.78 is 11.1. The van der Waals surface area contributed by atoms with Gasteiger partial charge in [-0.3, -0.25) is 0 Å². The number of hydrogen-bond donors (Lipinski definition) is 1. The van der Waals surface area contributed by atoms with Crippen molar-refractivity contribution in [3.05, 3.63) is 29.8 Å². The molecule has 0 radical (unpaired) electrons. The molecule has 100 valence electrons. The van der Waals surface area contributed by atoms with Crippen LogP contribution < -0.4 is 10.1 Å². The van der Waals surface area contributed by atoms with Crippen LogP contribution in [0.15, 0.2) is 24.3 Å². The molecule has 1 heterocycles. The predicted molar refractivity (Wildman–Crippen MR) is 72.9 cm³/mol. The molecule has 2 rings (SSSR count). The zero-order chi connectivity index (χ0) is 13.0. The average Bonchev–Trinajstić information content (AvgIpc) is 2.82. The zero-order valence-electron chi connectivity index (χ0n) is 11.5. The maximum absolute atomic E-state index is 5.90. The van der Waals surface area contributed by atoms with Crippen LogP contribution in [0.4, 0.5) is 0 Å². The van der Waals surface area contributed by atoms with E-state index in [1.54, 1.807) is 7.11 Å². The number of benzene rings is 1. The quantitative estimate of drug-likeness (QED) is 0.870. The molecule has 3 unspecified atom stereocenters. The molecule has 1 aromatic rings. The summed E-state index contributed by atoms with van der Waals surface area (Å²) in [5.74, 6) is 1.51. The third-order valence-corrected chi connectivity index (χ3v) is 3.67. The van der Waals surface area contributed by atoms with E-state index in [-0.39, 0.29) is 12.1 Å². The van der Waals surface area contributed by atoms with Crippen molar-refractivity contribution in [3.8, 4) is 5.75 Å². The van der Waals surface area contributed by atoms with Crippen LogP contribution >= 0.6 is 0 Å². The molecule has 1 aliphatic rings. The molecular weight excluding hydrogens is 226 g/mol. The Morgan fingerprint density at radius 3 is 2.61 bits per heavy atom. The number of nitrogens with one attached hydrogen (secondary N) is 1. The Labute approximate surface area is 109 Å². The Morgan fingerprint density at radius 1 is 1.39 bits per heavy atom. The lowest BCUT2D eigenvalue weighted by atomic mass is 9.92. The van der Waals surface area contributed by atoms with E-state index in [0.29, 0.717) is 5.92 Å². The lowest BCUT2D eigenvalue weighted by molar-refractivity contribution is 0.0612. The van der Waals surface area contributed by atoms with Gasteiger partial charge in [-0.1, -0.05) is 26.0 Å². The van der Waals surface area contributed by atoms with Gasteiger partial charge in [-0.25, -0.2) is 0 Å². The molecule has 1 aromatic carbocycles. The van der Waals surface area contributed by atoms with Crippen LogP contribution in [0, 0.1) is 5.92 Å². The number of methoxy groups -OCH3 is 1. The molecule has 3 heteroatoms. The Bertz CT molecular complexity index is 363. The van der Waals surface area contributed by atoms with Crippen molar-refractivity contribution in [2.75, 3.05) is 20.3 Å². The van der Waals surface area contributed by atoms with Crippen LogP contribution in [0.25, 0.3) is 0 Å². The molecule has 1 N–H and O–H groups in total. The minimum Gasteiger partial charge on any atom is -0.497 e. The number of likely N-dealkylation sites (N-methyl/N-ethyl adjacent to an activating group) is 1. The second-order valence-corrected chi connectivity index (χ2v) is 4.91. The van der Waals surface area contributed by atoms with E-state index >= 15 is 0 Å². The summed E-state index contributed by atoms with van der Waals surface area (Å²) in [6.45, 7) is 6.23. The summed E-state index contributed by atoms with van der Waals surface area (Å²) in [4.78, 5) is 0. The predicted octanol–water partition coefficient (Wildman–Crippen LogP) is 2.77. The van der Waals surface area contributed by atoms with Gasteiger partial charge in [0.05, 0.1) is 19.3 Å². The van der Waals surface area contributed by atoms with Gasteiger partial charge in [0.15, 0.2) is 0 Å². The first-order chi connectivity index (χ1) is 8.76. The fraction of sp³-hybridized carbons (Fsp3) is 0.600. The molecule has 0 aromatic heterocycles. The highest BCUT2D eigenvalue weighted by atomic mass is 16.5. The highest BCUT2D eigenvalue weighted by Gasteiger charge is 2.32. The fourth-order valence-electron chi connectivity index (χ4n) is 2.60. The van der Waals surface area contributed by atoms with Gasteiger partial charge in [-0.15, -0.1) is 0 Å². The van der Waals surface area contributed by atoms with Gasteiger partial charge in [0.25, 0.3) is 0 Å². The topological polar surface area (TPSA) is 30.5 Å². The van der Waals surface area contributed by atoms with Gasteiger partial charge in [0.1, 0.15) is 5.75 Å². The molecule has 3 nitrogen and oxygen atoms in total. The molecule has 0 amide bonds. The van der Waals surface area contributed by atoms with Gasteiger partial charge in [0, 0.05) is 6.61 Å². The normalized spacial score (nSPS) is 25.1. The molecule has 0 aliphatic carbocycles. The maximum Gasteiger partial charge on any atom is 0.118 e. The Kier molecular flexibility index (Phi) is 4.61. The second-order valence-electron chi connectivity index (χ2n) is 4.91. The summed E-state index contributed by atoms with van der Waals surface area (Å²) in [5, 5.41) is 3.54. The van der Waals surface area contributed by atoms with E-state index in [2.05, 4.69) is 31.3 Å². The smallest absolute Gasteiger partial charge is 0.118 e. The summed E-state index contributed by atoms with van der Waals surface area (Å²) in [6, 6.07) is 8.55. The maximum atomic E-state index is 5.90. The molecule has 0 saturated carbocycles. The number of rotatable bonds is 5. The number of ether oxygens (including phenoxy) is 2.